The molecule has 0 saturated heterocycles. The molecule has 114 valence electrons. The van der Waals surface area contributed by atoms with Crippen molar-refractivity contribution in [3.63, 3.8) is 0 Å². The van der Waals surface area contributed by atoms with Crippen LogP contribution in [0.5, 0.6) is 5.75 Å². The molecule has 0 atom stereocenters. The zero-order valence-electron chi connectivity index (χ0n) is 12.1. The van der Waals surface area contributed by atoms with Crippen molar-refractivity contribution in [2.45, 2.75) is 31.8 Å². The van der Waals surface area contributed by atoms with Gasteiger partial charge in [-0.05, 0) is 38.0 Å². The molecule has 1 heterocycles. The molecule has 1 aromatic carbocycles. The first-order valence-electron chi connectivity index (χ1n) is 6.73. The van der Waals surface area contributed by atoms with Crippen LogP contribution in [0.4, 0.5) is 0 Å². The molecule has 21 heavy (non-hydrogen) atoms. The molecule has 7 heteroatoms. The summed E-state index contributed by atoms with van der Waals surface area (Å²) in [7, 11) is -3.58. The van der Waals surface area contributed by atoms with Gasteiger partial charge in [-0.1, -0.05) is 12.1 Å². The van der Waals surface area contributed by atoms with Crippen LogP contribution in [0.25, 0.3) is 0 Å². The van der Waals surface area contributed by atoms with Gasteiger partial charge in [0.25, 0.3) is 10.0 Å². The van der Waals surface area contributed by atoms with Crippen LogP contribution < -0.4 is 4.72 Å². The lowest BCUT2D eigenvalue weighted by Crippen LogP contribution is -2.26. The van der Waals surface area contributed by atoms with Crippen molar-refractivity contribution in [2.75, 3.05) is 6.54 Å². The summed E-state index contributed by atoms with van der Waals surface area (Å²) in [5.41, 5.74) is 0.950. The maximum absolute atomic E-state index is 12.1. The maximum atomic E-state index is 12.1. The Morgan fingerprint density at radius 3 is 2.52 bits per heavy atom. The van der Waals surface area contributed by atoms with Gasteiger partial charge >= 0.3 is 0 Å². The minimum absolute atomic E-state index is 0.0487. The molecule has 0 fully saturated rings. The number of hydrogen-bond acceptors (Lipinski definition) is 4. The number of hydrogen-bond donors (Lipinski definition) is 2. The molecule has 6 nitrogen and oxygen atoms in total. The van der Waals surface area contributed by atoms with E-state index in [0.29, 0.717) is 18.8 Å². The van der Waals surface area contributed by atoms with Gasteiger partial charge in [-0.2, -0.15) is 0 Å². The molecule has 0 aliphatic carbocycles. The number of aromatic nitrogens is 2. The summed E-state index contributed by atoms with van der Waals surface area (Å²) in [5.74, 6) is 0.872. The van der Waals surface area contributed by atoms with E-state index < -0.39 is 10.0 Å². The molecule has 0 amide bonds. The summed E-state index contributed by atoms with van der Waals surface area (Å²) in [4.78, 5) is 4.07. The highest BCUT2D eigenvalue weighted by atomic mass is 32.2. The van der Waals surface area contributed by atoms with Gasteiger partial charge in [0.05, 0.1) is 0 Å². The Kier molecular flexibility index (Phi) is 4.64. The Morgan fingerprint density at radius 1 is 1.29 bits per heavy atom. The number of nitrogens with one attached hydrogen (secondary N) is 1. The monoisotopic (exact) mass is 309 g/mol. The number of nitrogens with zero attached hydrogens (tertiary/aromatic N) is 2. The number of aromatic hydroxyl groups is 1. The molecular formula is C14H19N3O3S. The standard InChI is InChI=1S/C14H19N3O3S/c1-3-17-10-14(16-11(17)2)21(19,20)15-9-8-12-4-6-13(18)7-5-12/h4-7,10,15,18H,3,8-9H2,1-2H3. The third kappa shape index (κ3) is 3.83. The number of sulfonamides is 1. The Bertz CT molecular complexity index is 706. The summed E-state index contributed by atoms with van der Waals surface area (Å²) >= 11 is 0. The lowest BCUT2D eigenvalue weighted by molar-refractivity contribution is 0.475. The molecule has 2 aromatic rings. The van der Waals surface area contributed by atoms with Gasteiger partial charge in [0, 0.05) is 19.3 Å². The number of imidazole rings is 1. The first-order valence-corrected chi connectivity index (χ1v) is 8.22. The van der Waals surface area contributed by atoms with E-state index >= 15 is 0 Å². The first-order chi connectivity index (χ1) is 9.92. The molecule has 0 bridgehead atoms. The zero-order chi connectivity index (χ0) is 15.5. The molecule has 2 rings (SSSR count). The number of phenols is 1. The van der Waals surface area contributed by atoms with E-state index in [-0.39, 0.29) is 17.3 Å². The van der Waals surface area contributed by atoms with E-state index in [0.717, 1.165) is 5.56 Å². The van der Waals surface area contributed by atoms with Gasteiger partial charge < -0.3 is 9.67 Å². The van der Waals surface area contributed by atoms with Crippen molar-refractivity contribution < 1.29 is 13.5 Å². The van der Waals surface area contributed by atoms with Gasteiger partial charge in [-0.25, -0.2) is 18.1 Å². The van der Waals surface area contributed by atoms with Crippen molar-refractivity contribution >= 4 is 10.0 Å². The lowest BCUT2D eigenvalue weighted by Gasteiger charge is -2.04. The highest BCUT2D eigenvalue weighted by Gasteiger charge is 2.18. The highest BCUT2D eigenvalue weighted by Crippen LogP contribution is 2.11. The van der Waals surface area contributed by atoms with E-state index in [9.17, 15) is 13.5 Å². The molecule has 0 spiro atoms. The smallest absolute Gasteiger partial charge is 0.259 e. The van der Waals surface area contributed by atoms with Crippen LogP contribution in [0.2, 0.25) is 0 Å². The van der Waals surface area contributed by atoms with Crippen molar-refractivity contribution in [1.29, 1.82) is 0 Å². The average Bonchev–Trinajstić information content (AvgIpc) is 2.83. The average molecular weight is 309 g/mol. The Hall–Kier alpha value is -1.86. The van der Waals surface area contributed by atoms with Gasteiger partial charge in [-0.3, -0.25) is 0 Å². The second kappa shape index (κ2) is 6.28. The fraction of sp³-hybridized carbons (Fsp3) is 0.357. The van der Waals surface area contributed by atoms with Crippen LogP contribution in [0.3, 0.4) is 0 Å². The van der Waals surface area contributed by atoms with Crippen LogP contribution in [-0.4, -0.2) is 29.6 Å². The fourth-order valence-corrected chi connectivity index (χ4v) is 3.03. The van der Waals surface area contributed by atoms with Crippen molar-refractivity contribution in [3.05, 3.63) is 41.9 Å². The highest BCUT2D eigenvalue weighted by molar-refractivity contribution is 7.89. The van der Waals surface area contributed by atoms with Gasteiger partial charge in [0.15, 0.2) is 5.03 Å². The van der Waals surface area contributed by atoms with Crippen LogP contribution >= 0.6 is 0 Å². The third-order valence-corrected chi connectivity index (χ3v) is 4.54. The Balaban J connectivity index is 1.99. The van der Waals surface area contributed by atoms with Gasteiger partial charge in [0.1, 0.15) is 11.6 Å². The second-order valence-corrected chi connectivity index (χ2v) is 6.44. The van der Waals surface area contributed by atoms with E-state index in [2.05, 4.69) is 9.71 Å². The van der Waals surface area contributed by atoms with Crippen molar-refractivity contribution in [3.8, 4) is 5.75 Å². The van der Waals surface area contributed by atoms with E-state index in [1.54, 1.807) is 35.8 Å². The molecule has 0 saturated carbocycles. The molecule has 1 aromatic heterocycles. The summed E-state index contributed by atoms with van der Waals surface area (Å²) < 4.78 is 28.6. The summed E-state index contributed by atoms with van der Waals surface area (Å²) in [6.45, 7) is 4.68. The molecule has 0 aliphatic heterocycles. The molecule has 2 N–H and O–H groups in total. The topological polar surface area (TPSA) is 84.2 Å². The normalized spacial score (nSPS) is 11.7. The predicted molar refractivity (Wildman–Crippen MR) is 79.6 cm³/mol. The third-order valence-electron chi connectivity index (χ3n) is 3.21. The first kappa shape index (κ1) is 15.5. The minimum Gasteiger partial charge on any atom is -0.508 e. The number of aryl methyl sites for hydroxylation is 2. The van der Waals surface area contributed by atoms with Crippen molar-refractivity contribution in [2.24, 2.45) is 0 Å². The summed E-state index contributed by atoms with van der Waals surface area (Å²) in [6, 6.07) is 6.69. The van der Waals surface area contributed by atoms with Crippen LogP contribution in [0.1, 0.15) is 18.3 Å². The SMILES string of the molecule is CCn1cc(S(=O)(=O)NCCc2ccc(O)cc2)nc1C. The van der Waals surface area contributed by atoms with Gasteiger partial charge in [0.2, 0.25) is 0 Å². The molecular weight excluding hydrogens is 290 g/mol. The predicted octanol–water partition coefficient (Wildman–Crippen LogP) is 1.44. The zero-order valence-corrected chi connectivity index (χ0v) is 12.9. The van der Waals surface area contributed by atoms with E-state index in [1.165, 1.54) is 6.20 Å². The Labute approximate surface area is 124 Å². The molecule has 0 aliphatic rings. The van der Waals surface area contributed by atoms with Crippen molar-refractivity contribution in [1.82, 2.24) is 14.3 Å². The second-order valence-electron chi connectivity index (χ2n) is 4.73. The van der Waals surface area contributed by atoms with E-state index in [4.69, 9.17) is 0 Å². The minimum atomic E-state index is -3.58. The van der Waals surface area contributed by atoms with Crippen LogP contribution in [-0.2, 0) is 23.0 Å². The lowest BCUT2D eigenvalue weighted by atomic mass is 10.1. The summed E-state index contributed by atoms with van der Waals surface area (Å²) in [6.07, 6.45) is 2.09. The number of benzene rings is 1. The van der Waals surface area contributed by atoms with Gasteiger partial charge in [-0.15, -0.1) is 0 Å². The largest absolute Gasteiger partial charge is 0.508 e. The number of phenolic OH excluding ortho intramolecular Hbond substituents is 1. The fourth-order valence-electron chi connectivity index (χ4n) is 2.00. The number of rotatable bonds is 6. The molecule has 0 radical (unpaired) electrons. The Morgan fingerprint density at radius 2 is 1.95 bits per heavy atom. The molecule has 0 unspecified atom stereocenters. The quantitative estimate of drug-likeness (QED) is 0.845. The maximum Gasteiger partial charge on any atom is 0.259 e. The van der Waals surface area contributed by atoms with E-state index in [1.807, 2.05) is 6.92 Å². The van der Waals surface area contributed by atoms with Crippen LogP contribution in [0.15, 0.2) is 35.5 Å². The summed E-state index contributed by atoms with van der Waals surface area (Å²) in [5, 5.41) is 9.24. The van der Waals surface area contributed by atoms with Crippen LogP contribution in [0, 0.1) is 6.92 Å².